The molecule has 0 saturated carbocycles. The molecule has 1 saturated heterocycles. The lowest BCUT2D eigenvalue weighted by Gasteiger charge is -2.41. The Hall–Kier alpha value is -2.33. The number of alkyl halides is 3. The van der Waals surface area contributed by atoms with Crippen LogP contribution in [-0.2, 0) is 6.18 Å². The number of pyridine rings is 1. The molecule has 10 heteroatoms. The van der Waals surface area contributed by atoms with Gasteiger partial charge in [0, 0.05) is 54.9 Å². The number of rotatable bonds is 2. The largest absolute Gasteiger partial charge is 0.493 e. The quantitative estimate of drug-likeness (QED) is 0.679. The molecular formula is C20H20BrF3N4O2. The van der Waals surface area contributed by atoms with Crippen molar-refractivity contribution in [2.75, 3.05) is 38.1 Å². The van der Waals surface area contributed by atoms with E-state index in [1.165, 1.54) is 6.07 Å². The minimum atomic E-state index is -4.39. The molecule has 1 fully saturated rings. The Morgan fingerprint density at radius 2 is 1.93 bits per heavy atom. The third-order valence-electron chi connectivity index (χ3n) is 5.35. The number of fused-ring (bicyclic) bond motifs is 1. The molecule has 4 rings (SSSR count). The number of benzene rings is 1. The van der Waals surface area contributed by atoms with Crippen LogP contribution in [0.5, 0.6) is 5.75 Å². The first kappa shape index (κ1) is 20.9. The van der Waals surface area contributed by atoms with E-state index in [4.69, 9.17) is 4.74 Å². The van der Waals surface area contributed by atoms with Crippen LogP contribution < -0.4 is 10.1 Å². The lowest BCUT2D eigenvalue weighted by Crippen LogP contribution is -2.51. The molecule has 0 radical (unpaired) electrons. The number of ether oxygens (including phenoxy) is 1. The van der Waals surface area contributed by atoms with E-state index in [2.05, 4.69) is 31.1 Å². The summed E-state index contributed by atoms with van der Waals surface area (Å²) in [7, 11) is 0. The third-order valence-corrected chi connectivity index (χ3v) is 5.82. The summed E-state index contributed by atoms with van der Waals surface area (Å²) in [4.78, 5) is 20.5. The van der Waals surface area contributed by atoms with E-state index in [9.17, 15) is 18.0 Å². The van der Waals surface area contributed by atoms with Crippen molar-refractivity contribution in [2.45, 2.75) is 18.6 Å². The molecule has 0 aliphatic carbocycles. The number of nitrogens with one attached hydrogen (secondary N) is 1. The zero-order valence-corrected chi connectivity index (χ0v) is 17.5. The minimum absolute atomic E-state index is 0.0191. The first-order valence-corrected chi connectivity index (χ1v) is 10.4. The summed E-state index contributed by atoms with van der Waals surface area (Å²) in [6.07, 6.45) is -2.08. The average molecular weight is 485 g/mol. The van der Waals surface area contributed by atoms with Crippen LogP contribution in [0.3, 0.4) is 0 Å². The predicted molar refractivity (Wildman–Crippen MR) is 108 cm³/mol. The number of aromatic nitrogens is 1. The maximum absolute atomic E-state index is 13.0. The van der Waals surface area contributed by atoms with E-state index >= 15 is 0 Å². The number of carbonyl (C=O) groups is 1. The van der Waals surface area contributed by atoms with Crippen LogP contribution in [0, 0.1) is 0 Å². The number of hydrogen-bond acceptors (Lipinski definition) is 4. The molecule has 1 atom stereocenters. The molecule has 1 unspecified atom stereocenters. The third kappa shape index (κ3) is 4.54. The Bertz CT molecular complexity index is 915. The summed E-state index contributed by atoms with van der Waals surface area (Å²) in [5.74, 6) is 0.770. The highest BCUT2D eigenvalue weighted by molar-refractivity contribution is 9.10. The van der Waals surface area contributed by atoms with Crippen LogP contribution in [0.15, 0.2) is 41.0 Å². The van der Waals surface area contributed by atoms with Crippen molar-refractivity contribution >= 4 is 27.8 Å². The molecule has 3 heterocycles. The van der Waals surface area contributed by atoms with Gasteiger partial charge in [0.2, 0.25) is 0 Å². The van der Waals surface area contributed by atoms with Gasteiger partial charge < -0.3 is 9.64 Å². The fraction of sp³-hybridized carbons (Fsp3) is 0.400. The van der Waals surface area contributed by atoms with E-state index in [1.54, 1.807) is 23.2 Å². The first-order chi connectivity index (χ1) is 14.3. The van der Waals surface area contributed by atoms with Crippen molar-refractivity contribution in [3.63, 3.8) is 0 Å². The Morgan fingerprint density at radius 1 is 1.17 bits per heavy atom. The SMILES string of the molecule is O=C(Nc1ccc(Br)cn1)N1CCN(C2CCOc3cc(C(F)(F)F)ccc32)CC1. The van der Waals surface area contributed by atoms with E-state index in [-0.39, 0.29) is 12.1 Å². The van der Waals surface area contributed by atoms with Crippen LogP contribution in [0.4, 0.5) is 23.8 Å². The summed E-state index contributed by atoms with van der Waals surface area (Å²) in [5.41, 5.74) is 0.0659. The summed E-state index contributed by atoms with van der Waals surface area (Å²) >= 11 is 3.30. The molecule has 2 aliphatic heterocycles. The zero-order valence-electron chi connectivity index (χ0n) is 16.0. The smallest absolute Gasteiger partial charge is 0.416 e. The molecule has 0 spiro atoms. The molecule has 160 valence electrons. The van der Waals surface area contributed by atoms with Crippen LogP contribution in [-0.4, -0.2) is 53.6 Å². The van der Waals surface area contributed by atoms with Crippen molar-refractivity contribution in [1.29, 1.82) is 0 Å². The Morgan fingerprint density at radius 3 is 2.60 bits per heavy atom. The van der Waals surface area contributed by atoms with Gasteiger partial charge in [-0.05, 0) is 40.2 Å². The lowest BCUT2D eigenvalue weighted by molar-refractivity contribution is -0.137. The monoisotopic (exact) mass is 484 g/mol. The molecule has 2 amide bonds. The summed E-state index contributed by atoms with van der Waals surface area (Å²) in [6, 6.07) is 6.98. The number of amides is 2. The summed E-state index contributed by atoms with van der Waals surface area (Å²) < 4.78 is 45.3. The van der Waals surface area contributed by atoms with Gasteiger partial charge in [-0.15, -0.1) is 0 Å². The van der Waals surface area contributed by atoms with Gasteiger partial charge in [-0.1, -0.05) is 6.07 Å². The van der Waals surface area contributed by atoms with Crippen molar-refractivity contribution in [1.82, 2.24) is 14.8 Å². The number of urea groups is 1. The fourth-order valence-corrected chi connectivity index (χ4v) is 4.04. The van der Waals surface area contributed by atoms with Crippen LogP contribution in [0.1, 0.15) is 23.6 Å². The van der Waals surface area contributed by atoms with Gasteiger partial charge in [-0.3, -0.25) is 10.2 Å². The Labute approximate surface area is 180 Å². The topological polar surface area (TPSA) is 57.7 Å². The number of hydrogen-bond donors (Lipinski definition) is 1. The van der Waals surface area contributed by atoms with E-state index < -0.39 is 11.7 Å². The number of carbonyl (C=O) groups excluding carboxylic acids is 1. The number of anilines is 1. The molecule has 6 nitrogen and oxygen atoms in total. The van der Waals surface area contributed by atoms with Crippen LogP contribution in [0.2, 0.25) is 0 Å². The average Bonchev–Trinajstić information content (AvgIpc) is 2.74. The van der Waals surface area contributed by atoms with E-state index in [0.29, 0.717) is 50.8 Å². The molecule has 2 aromatic rings. The van der Waals surface area contributed by atoms with Gasteiger partial charge >= 0.3 is 12.2 Å². The highest BCUT2D eigenvalue weighted by atomic mass is 79.9. The molecule has 2 aliphatic rings. The summed E-state index contributed by atoms with van der Waals surface area (Å²) in [6.45, 7) is 2.68. The molecule has 1 aromatic heterocycles. The van der Waals surface area contributed by atoms with Crippen molar-refractivity contribution in [2.24, 2.45) is 0 Å². The molecule has 1 N–H and O–H groups in total. The predicted octanol–water partition coefficient (Wildman–Crippen LogP) is 4.54. The highest BCUT2D eigenvalue weighted by Gasteiger charge is 2.35. The molecule has 30 heavy (non-hydrogen) atoms. The maximum atomic E-state index is 13.0. The molecule has 1 aromatic carbocycles. The van der Waals surface area contributed by atoms with Gasteiger partial charge in [-0.25, -0.2) is 9.78 Å². The van der Waals surface area contributed by atoms with Crippen LogP contribution in [0.25, 0.3) is 0 Å². The van der Waals surface area contributed by atoms with Gasteiger partial charge in [-0.2, -0.15) is 13.2 Å². The van der Waals surface area contributed by atoms with Crippen molar-refractivity contribution in [3.05, 3.63) is 52.1 Å². The van der Waals surface area contributed by atoms with Gasteiger partial charge in [0.25, 0.3) is 0 Å². The first-order valence-electron chi connectivity index (χ1n) is 9.57. The van der Waals surface area contributed by atoms with Gasteiger partial charge in [0.1, 0.15) is 11.6 Å². The normalized spacial score (nSPS) is 19.7. The number of piperazine rings is 1. The summed E-state index contributed by atoms with van der Waals surface area (Å²) in [5, 5.41) is 2.78. The second-order valence-electron chi connectivity index (χ2n) is 7.22. The Balaban J connectivity index is 1.39. The lowest BCUT2D eigenvalue weighted by atomic mass is 9.96. The van der Waals surface area contributed by atoms with Gasteiger partial charge in [0.15, 0.2) is 0 Å². The van der Waals surface area contributed by atoms with Crippen LogP contribution >= 0.6 is 15.9 Å². The standard InChI is InChI=1S/C20H20BrF3N4O2/c21-14-2-4-18(25-12-14)26-19(29)28-8-6-27(7-9-28)16-5-10-30-17-11-13(20(22,23)24)1-3-15(16)17/h1-4,11-12,16H,5-10H2,(H,25,26,29). The number of halogens is 4. The van der Waals surface area contributed by atoms with E-state index in [1.807, 2.05) is 0 Å². The van der Waals surface area contributed by atoms with Gasteiger partial charge in [0.05, 0.1) is 12.2 Å². The Kier molecular flexibility index (Phi) is 5.88. The minimum Gasteiger partial charge on any atom is -0.493 e. The molecular weight excluding hydrogens is 465 g/mol. The van der Waals surface area contributed by atoms with Crippen molar-refractivity contribution in [3.8, 4) is 5.75 Å². The second kappa shape index (κ2) is 8.43. The van der Waals surface area contributed by atoms with Crippen molar-refractivity contribution < 1.29 is 22.7 Å². The maximum Gasteiger partial charge on any atom is 0.416 e. The van der Waals surface area contributed by atoms with E-state index in [0.717, 1.165) is 22.2 Å². The highest BCUT2D eigenvalue weighted by Crippen LogP contribution is 2.40. The second-order valence-corrected chi connectivity index (χ2v) is 8.13. The molecule has 0 bridgehead atoms. The zero-order chi connectivity index (χ0) is 21.3. The fourth-order valence-electron chi connectivity index (χ4n) is 3.80. The number of nitrogens with zero attached hydrogens (tertiary/aromatic N) is 3.